The van der Waals surface area contributed by atoms with Gasteiger partial charge in [-0.15, -0.1) is 10.2 Å². The second-order valence-electron chi connectivity index (χ2n) is 9.23. The van der Waals surface area contributed by atoms with Gasteiger partial charge in [0, 0.05) is 17.5 Å². The van der Waals surface area contributed by atoms with Crippen LogP contribution < -0.4 is 20.9 Å². The van der Waals surface area contributed by atoms with Gasteiger partial charge in [-0.2, -0.15) is 0 Å². The summed E-state index contributed by atoms with van der Waals surface area (Å²) in [5.74, 6) is -0.216. The lowest BCUT2D eigenvalue weighted by molar-refractivity contribution is -0.116. The molecule has 3 aromatic carbocycles. The Morgan fingerprint density at radius 3 is 2.52 bits per heavy atom. The second-order valence-corrected chi connectivity index (χ2v) is 10.1. The Hall–Kier alpha value is -4.94. The molecule has 0 bridgehead atoms. The molecule has 13 heteroatoms. The van der Waals surface area contributed by atoms with Crippen LogP contribution in [0.25, 0.3) is 16.6 Å². The fourth-order valence-corrected chi connectivity index (χ4v) is 4.89. The molecule has 3 N–H and O–H groups in total. The summed E-state index contributed by atoms with van der Waals surface area (Å²) >= 11 is 11.6. The number of amides is 1. The number of rotatable bonds is 7. The zero-order valence-electron chi connectivity index (χ0n) is 22.8. The van der Waals surface area contributed by atoms with Crippen LogP contribution in [-0.2, 0) is 18.4 Å². The zero-order chi connectivity index (χ0) is 30.0. The molecule has 11 nitrogen and oxygen atoms in total. The average molecular weight is 604 g/mol. The number of para-hydroxylation sites is 3. The lowest BCUT2D eigenvalue weighted by atomic mass is 10.2. The molecule has 42 heavy (non-hydrogen) atoms. The number of aromatic nitrogens is 3. The standard InChI is InChI=1S/C29H26ClN7O4S/c1-17-25(28(40)37(35(17)2)19-9-5-4-6-10-19)32-29(42)34-33-26-20-15-18(30)13-14-22(20)36(27(26)39)16-24(38)31-21-11-7-8-12-23(21)41-3/h4-15,39H,16H2,1-3H3,(H,31,38)(H,32,42). The van der Waals surface area contributed by atoms with Gasteiger partial charge in [-0.1, -0.05) is 41.9 Å². The number of hydrogen-bond acceptors (Lipinski definition) is 6. The third kappa shape index (κ3) is 5.49. The normalized spacial score (nSPS) is 11.2. The Bertz CT molecular complexity index is 1910. The molecule has 1 amide bonds. The van der Waals surface area contributed by atoms with Crippen molar-refractivity contribution in [3.63, 3.8) is 0 Å². The second kappa shape index (κ2) is 11.9. The molecule has 0 unspecified atom stereocenters. The quantitative estimate of drug-likeness (QED) is 0.156. The van der Waals surface area contributed by atoms with Gasteiger partial charge in [0.2, 0.25) is 16.9 Å². The number of methoxy groups -OCH3 is 1. The summed E-state index contributed by atoms with van der Waals surface area (Å²) in [6, 6.07) is 21.1. The highest BCUT2D eigenvalue weighted by molar-refractivity contribution is 7.80. The topological polar surface area (TPSA) is 127 Å². The van der Waals surface area contributed by atoms with Crippen LogP contribution in [0.15, 0.2) is 87.8 Å². The Labute approximate surface area is 250 Å². The van der Waals surface area contributed by atoms with E-state index in [1.165, 1.54) is 16.4 Å². The van der Waals surface area contributed by atoms with Crippen LogP contribution in [0.3, 0.4) is 0 Å². The van der Waals surface area contributed by atoms with E-state index in [0.717, 1.165) is 0 Å². The highest BCUT2D eigenvalue weighted by atomic mass is 35.5. The maximum absolute atomic E-state index is 13.2. The van der Waals surface area contributed by atoms with Gasteiger partial charge >= 0.3 is 0 Å². The number of carbonyl (C=O) groups excluding carboxylic acids is 1. The molecular formula is C29H26ClN7O4S. The molecule has 5 aromatic rings. The minimum absolute atomic E-state index is 0.0632. The number of nitrogens with zero attached hydrogens (tertiary/aromatic N) is 5. The lowest BCUT2D eigenvalue weighted by Crippen LogP contribution is -2.21. The van der Waals surface area contributed by atoms with Gasteiger partial charge in [-0.05, 0) is 61.6 Å². The number of benzene rings is 3. The van der Waals surface area contributed by atoms with Crippen LogP contribution in [0.1, 0.15) is 5.69 Å². The summed E-state index contributed by atoms with van der Waals surface area (Å²) in [4.78, 5) is 26.2. The molecule has 5 rings (SSSR count). The van der Waals surface area contributed by atoms with Crippen LogP contribution in [0.2, 0.25) is 5.02 Å². The Morgan fingerprint density at radius 1 is 1.07 bits per heavy atom. The van der Waals surface area contributed by atoms with Crippen molar-refractivity contribution in [1.82, 2.24) is 13.9 Å². The van der Waals surface area contributed by atoms with Crippen molar-refractivity contribution < 1.29 is 14.6 Å². The molecule has 2 heterocycles. The van der Waals surface area contributed by atoms with Crippen molar-refractivity contribution in [2.45, 2.75) is 13.5 Å². The van der Waals surface area contributed by atoms with E-state index in [2.05, 4.69) is 20.9 Å². The Balaban J connectivity index is 1.42. The van der Waals surface area contributed by atoms with E-state index < -0.39 is 5.91 Å². The fraction of sp³-hybridized carbons (Fsp3) is 0.138. The first-order chi connectivity index (χ1) is 20.2. The van der Waals surface area contributed by atoms with E-state index in [-0.39, 0.29) is 34.5 Å². The highest BCUT2D eigenvalue weighted by Gasteiger charge is 2.21. The molecule has 0 saturated carbocycles. The summed E-state index contributed by atoms with van der Waals surface area (Å²) in [7, 11) is 3.27. The van der Waals surface area contributed by atoms with Gasteiger partial charge in [0.1, 0.15) is 18.0 Å². The van der Waals surface area contributed by atoms with Crippen LogP contribution in [0, 0.1) is 6.92 Å². The van der Waals surface area contributed by atoms with Gasteiger partial charge in [0.25, 0.3) is 5.56 Å². The number of fused-ring (bicyclic) bond motifs is 1. The van der Waals surface area contributed by atoms with Gasteiger partial charge in [-0.3, -0.25) is 14.3 Å². The van der Waals surface area contributed by atoms with E-state index in [1.54, 1.807) is 61.1 Å². The van der Waals surface area contributed by atoms with Gasteiger partial charge < -0.3 is 25.0 Å². The third-order valence-corrected chi connectivity index (χ3v) is 7.10. The monoisotopic (exact) mass is 603 g/mol. The minimum atomic E-state index is -0.406. The predicted molar refractivity (Wildman–Crippen MR) is 167 cm³/mol. The van der Waals surface area contributed by atoms with E-state index in [1.807, 2.05) is 30.3 Å². The van der Waals surface area contributed by atoms with E-state index in [0.29, 0.717) is 38.7 Å². The molecule has 0 saturated heterocycles. The summed E-state index contributed by atoms with van der Waals surface area (Å²) in [6.07, 6.45) is 0. The van der Waals surface area contributed by atoms with Crippen molar-refractivity contribution >= 4 is 62.8 Å². The first-order valence-corrected chi connectivity index (χ1v) is 13.5. The van der Waals surface area contributed by atoms with Gasteiger partial charge in [0.05, 0.1) is 29.7 Å². The van der Waals surface area contributed by atoms with E-state index in [9.17, 15) is 14.7 Å². The Morgan fingerprint density at radius 2 is 1.79 bits per heavy atom. The summed E-state index contributed by atoms with van der Waals surface area (Å²) in [5.41, 5.74) is 2.31. The number of hydrogen-bond donors (Lipinski definition) is 3. The SMILES string of the molecule is COc1ccccc1NC(=O)Cn1c(O)c(N=NC(=S)Nc2c(C)n(C)n(-c3ccccc3)c2=O)c2cc(Cl)ccc21. The third-order valence-electron chi connectivity index (χ3n) is 6.68. The summed E-state index contributed by atoms with van der Waals surface area (Å²) in [5, 5.41) is 25.8. The molecule has 0 radical (unpaired) electrons. The number of thiocarbonyl (C=S) groups is 1. The number of azo groups is 1. The van der Waals surface area contributed by atoms with Crippen LogP contribution >= 0.6 is 23.8 Å². The van der Waals surface area contributed by atoms with Crippen molar-refractivity contribution in [1.29, 1.82) is 0 Å². The largest absolute Gasteiger partial charge is 0.495 e. The number of nitrogens with one attached hydrogen (secondary N) is 2. The molecule has 0 atom stereocenters. The van der Waals surface area contributed by atoms with Crippen molar-refractivity contribution in [2.24, 2.45) is 17.3 Å². The van der Waals surface area contributed by atoms with Crippen molar-refractivity contribution in [3.8, 4) is 17.3 Å². The molecule has 0 aliphatic rings. The number of ether oxygens (including phenoxy) is 1. The first-order valence-electron chi connectivity index (χ1n) is 12.7. The zero-order valence-corrected chi connectivity index (χ0v) is 24.4. The predicted octanol–water partition coefficient (Wildman–Crippen LogP) is 5.93. The number of aromatic hydroxyl groups is 1. The molecule has 2 aromatic heterocycles. The molecule has 0 spiro atoms. The average Bonchev–Trinajstić information content (AvgIpc) is 3.35. The van der Waals surface area contributed by atoms with Gasteiger partial charge in [0.15, 0.2) is 5.69 Å². The molecule has 214 valence electrons. The number of carbonyl (C=O) groups is 1. The Kier molecular flexibility index (Phi) is 8.09. The highest BCUT2D eigenvalue weighted by Crippen LogP contribution is 2.40. The van der Waals surface area contributed by atoms with Gasteiger partial charge in [-0.25, -0.2) is 4.68 Å². The maximum atomic E-state index is 13.2. The number of halogens is 1. The van der Waals surface area contributed by atoms with Crippen molar-refractivity contribution in [3.05, 3.63) is 93.9 Å². The summed E-state index contributed by atoms with van der Waals surface area (Å²) in [6.45, 7) is 1.54. The molecule has 0 fully saturated rings. The van der Waals surface area contributed by atoms with Crippen LogP contribution in [0.4, 0.5) is 17.1 Å². The fourth-order valence-electron chi connectivity index (χ4n) is 4.58. The minimum Gasteiger partial charge on any atom is -0.495 e. The summed E-state index contributed by atoms with van der Waals surface area (Å²) < 4.78 is 9.90. The van der Waals surface area contributed by atoms with Crippen LogP contribution in [0.5, 0.6) is 11.6 Å². The van der Waals surface area contributed by atoms with E-state index in [4.69, 9.17) is 28.6 Å². The van der Waals surface area contributed by atoms with Crippen molar-refractivity contribution in [2.75, 3.05) is 17.7 Å². The lowest BCUT2D eigenvalue weighted by Gasteiger charge is -2.11. The van der Waals surface area contributed by atoms with E-state index >= 15 is 0 Å². The smallest absolute Gasteiger partial charge is 0.295 e. The molecule has 0 aliphatic carbocycles. The molecule has 0 aliphatic heterocycles. The first kappa shape index (κ1) is 28.6. The molecular weight excluding hydrogens is 578 g/mol. The number of anilines is 2. The maximum Gasteiger partial charge on any atom is 0.295 e. The van der Waals surface area contributed by atoms with Crippen LogP contribution in [-0.4, -0.2) is 37.2 Å².